The zero-order chi connectivity index (χ0) is 17.7. The summed E-state index contributed by atoms with van der Waals surface area (Å²) in [5.41, 5.74) is 2.45. The number of nitrogens with zero attached hydrogens (tertiary/aromatic N) is 3. The minimum Gasteiger partial charge on any atom is -0.336 e. The second-order valence-electron chi connectivity index (χ2n) is 7.30. The van der Waals surface area contributed by atoms with Crippen molar-refractivity contribution in [1.29, 1.82) is 0 Å². The maximum absolute atomic E-state index is 13.0. The average molecular weight is 345 g/mol. The number of rotatable bonds is 1. The van der Waals surface area contributed by atoms with Crippen molar-refractivity contribution in [2.24, 2.45) is 5.92 Å². The quantitative estimate of drug-likeness (QED) is 0.681. The number of likely N-dealkylation sites (tertiary alicyclic amines) is 1. The van der Waals surface area contributed by atoms with E-state index in [4.69, 9.17) is 0 Å². The van der Waals surface area contributed by atoms with Crippen LogP contribution < -0.4 is 5.56 Å². The van der Waals surface area contributed by atoms with Gasteiger partial charge >= 0.3 is 0 Å². The van der Waals surface area contributed by atoms with Gasteiger partial charge in [-0.1, -0.05) is 30.3 Å². The Morgan fingerprint density at radius 3 is 2.77 bits per heavy atom. The molecule has 1 aromatic carbocycles. The molecule has 5 rings (SSSR count). The summed E-state index contributed by atoms with van der Waals surface area (Å²) >= 11 is 0. The van der Waals surface area contributed by atoms with Crippen LogP contribution in [0.25, 0.3) is 10.9 Å². The Balaban J connectivity index is 1.46. The third-order valence-electron chi connectivity index (χ3n) is 5.58. The minimum absolute atomic E-state index is 0.0165. The van der Waals surface area contributed by atoms with E-state index in [9.17, 15) is 9.59 Å². The molecule has 0 aliphatic carbocycles. The van der Waals surface area contributed by atoms with Crippen molar-refractivity contribution in [3.8, 4) is 0 Å². The van der Waals surface area contributed by atoms with E-state index in [0.29, 0.717) is 31.2 Å². The normalized spacial score (nSPS) is 21.5. The van der Waals surface area contributed by atoms with Gasteiger partial charge in [0, 0.05) is 42.7 Å². The molecule has 2 bridgehead atoms. The highest BCUT2D eigenvalue weighted by molar-refractivity contribution is 5.95. The van der Waals surface area contributed by atoms with Crippen molar-refractivity contribution >= 4 is 16.8 Å². The Kier molecular flexibility index (Phi) is 3.42. The maximum atomic E-state index is 13.0. The van der Waals surface area contributed by atoms with E-state index >= 15 is 0 Å². The molecule has 0 N–H and O–H groups in total. The highest BCUT2D eigenvalue weighted by Crippen LogP contribution is 2.35. The summed E-state index contributed by atoms with van der Waals surface area (Å²) in [6.45, 7) is 2.03. The van der Waals surface area contributed by atoms with Crippen molar-refractivity contribution in [1.82, 2.24) is 14.5 Å². The molecule has 5 nitrogen and oxygen atoms in total. The molecule has 2 aromatic heterocycles. The van der Waals surface area contributed by atoms with Crippen LogP contribution in [0.5, 0.6) is 0 Å². The van der Waals surface area contributed by atoms with Crippen molar-refractivity contribution in [2.45, 2.75) is 18.9 Å². The summed E-state index contributed by atoms with van der Waals surface area (Å²) in [4.78, 5) is 31.6. The number of hydrogen-bond acceptors (Lipinski definition) is 3. The van der Waals surface area contributed by atoms with Crippen LogP contribution in [0.4, 0.5) is 0 Å². The van der Waals surface area contributed by atoms with Gasteiger partial charge in [0.2, 0.25) is 0 Å². The summed E-state index contributed by atoms with van der Waals surface area (Å²) in [5, 5.41) is 1.04. The van der Waals surface area contributed by atoms with Gasteiger partial charge in [0.1, 0.15) is 5.69 Å². The molecule has 3 aromatic rings. The average Bonchev–Trinajstić information content (AvgIpc) is 2.68. The number of carbonyl (C=O) groups excluding carboxylic acids is 1. The Morgan fingerprint density at radius 2 is 1.85 bits per heavy atom. The Labute approximate surface area is 150 Å². The number of para-hydroxylation sites is 1. The summed E-state index contributed by atoms with van der Waals surface area (Å²) in [6.07, 6.45) is 1.04. The summed E-state index contributed by atoms with van der Waals surface area (Å²) in [6, 6.07) is 17.1. The first kappa shape index (κ1) is 15.3. The van der Waals surface area contributed by atoms with Crippen molar-refractivity contribution in [2.75, 3.05) is 13.1 Å². The molecule has 4 heterocycles. The van der Waals surface area contributed by atoms with Gasteiger partial charge in [-0.15, -0.1) is 0 Å². The molecule has 1 saturated heterocycles. The first-order valence-corrected chi connectivity index (χ1v) is 9.04. The fourth-order valence-corrected chi connectivity index (χ4v) is 4.41. The fraction of sp³-hybridized carbons (Fsp3) is 0.286. The van der Waals surface area contributed by atoms with Gasteiger partial charge in [0.25, 0.3) is 11.5 Å². The Morgan fingerprint density at radius 1 is 0.962 bits per heavy atom. The lowest BCUT2D eigenvalue weighted by atomic mass is 9.83. The van der Waals surface area contributed by atoms with Gasteiger partial charge in [-0.25, -0.2) is 4.98 Å². The first-order valence-electron chi connectivity index (χ1n) is 9.04. The molecule has 0 saturated carbocycles. The molecule has 0 spiro atoms. The van der Waals surface area contributed by atoms with Gasteiger partial charge < -0.3 is 9.47 Å². The molecule has 1 fully saturated rings. The molecule has 2 atom stereocenters. The first-order chi connectivity index (χ1) is 12.7. The molecule has 1 amide bonds. The van der Waals surface area contributed by atoms with Crippen molar-refractivity contribution in [3.63, 3.8) is 0 Å². The number of piperidine rings is 1. The van der Waals surface area contributed by atoms with Crippen molar-refractivity contribution < 1.29 is 4.79 Å². The van der Waals surface area contributed by atoms with Crippen LogP contribution in [0.3, 0.4) is 0 Å². The molecule has 26 heavy (non-hydrogen) atoms. The number of pyridine rings is 2. The molecule has 2 aliphatic heterocycles. The van der Waals surface area contributed by atoms with Crippen LogP contribution in [0.1, 0.15) is 28.5 Å². The van der Waals surface area contributed by atoms with E-state index in [1.165, 1.54) is 0 Å². The summed E-state index contributed by atoms with van der Waals surface area (Å²) in [7, 11) is 0. The topological polar surface area (TPSA) is 55.2 Å². The number of aromatic nitrogens is 2. The zero-order valence-electron chi connectivity index (χ0n) is 14.3. The van der Waals surface area contributed by atoms with Crippen LogP contribution in [-0.2, 0) is 6.54 Å². The predicted octanol–water partition coefficient (Wildman–Crippen LogP) is 2.66. The number of fused-ring (bicyclic) bond motifs is 5. The minimum atomic E-state index is -0.0165. The number of benzene rings is 1. The van der Waals surface area contributed by atoms with Gasteiger partial charge in [-0.3, -0.25) is 9.59 Å². The van der Waals surface area contributed by atoms with E-state index in [1.807, 2.05) is 58.0 Å². The van der Waals surface area contributed by atoms with Crippen LogP contribution in [0, 0.1) is 5.92 Å². The molecule has 130 valence electrons. The van der Waals surface area contributed by atoms with Crippen LogP contribution in [-0.4, -0.2) is 33.4 Å². The third kappa shape index (κ3) is 2.43. The number of carbonyl (C=O) groups is 1. The zero-order valence-corrected chi connectivity index (χ0v) is 14.3. The van der Waals surface area contributed by atoms with E-state index in [2.05, 4.69) is 4.98 Å². The van der Waals surface area contributed by atoms with E-state index in [1.54, 1.807) is 6.07 Å². The van der Waals surface area contributed by atoms with Gasteiger partial charge in [-0.05, 0) is 30.5 Å². The second-order valence-corrected chi connectivity index (χ2v) is 7.30. The second kappa shape index (κ2) is 5.80. The lowest BCUT2D eigenvalue weighted by Gasteiger charge is -2.42. The van der Waals surface area contributed by atoms with Crippen LogP contribution in [0.15, 0.2) is 59.4 Å². The van der Waals surface area contributed by atoms with Crippen molar-refractivity contribution in [3.05, 3.63) is 76.3 Å². The molecule has 5 heteroatoms. The lowest BCUT2D eigenvalue weighted by molar-refractivity contribution is 0.0589. The molecular weight excluding hydrogens is 326 g/mol. The lowest BCUT2D eigenvalue weighted by Crippen LogP contribution is -2.49. The standard InChI is InChI=1S/C21H19N3O2/c25-20-7-3-6-19-16-10-14(12-24(19)20)11-23(13-16)21(26)18-9-8-15-4-1-2-5-17(15)22-18/h1-9,14,16H,10-13H2. The molecule has 0 radical (unpaired) electrons. The maximum Gasteiger partial charge on any atom is 0.272 e. The fourth-order valence-electron chi connectivity index (χ4n) is 4.41. The van der Waals surface area contributed by atoms with E-state index in [0.717, 1.165) is 23.0 Å². The highest BCUT2D eigenvalue weighted by atomic mass is 16.2. The summed E-state index contributed by atoms with van der Waals surface area (Å²) in [5.74, 6) is 0.531. The smallest absolute Gasteiger partial charge is 0.272 e. The monoisotopic (exact) mass is 345 g/mol. The van der Waals surface area contributed by atoms with Gasteiger partial charge in [0.05, 0.1) is 5.52 Å². The SMILES string of the molecule is O=C(c1ccc2ccccc2n1)N1CC2CC(C1)c1cccc(=O)n1C2. The van der Waals surface area contributed by atoms with E-state index < -0.39 is 0 Å². The van der Waals surface area contributed by atoms with E-state index in [-0.39, 0.29) is 17.4 Å². The largest absolute Gasteiger partial charge is 0.336 e. The van der Waals surface area contributed by atoms with Crippen LogP contribution in [0.2, 0.25) is 0 Å². The van der Waals surface area contributed by atoms with Gasteiger partial charge in [-0.2, -0.15) is 0 Å². The Hall–Kier alpha value is -2.95. The molecule has 2 unspecified atom stereocenters. The third-order valence-corrected chi connectivity index (χ3v) is 5.58. The van der Waals surface area contributed by atoms with Crippen LogP contribution >= 0.6 is 0 Å². The Bertz CT molecular complexity index is 1070. The molecule has 2 aliphatic rings. The van der Waals surface area contributed by atoms with Gasteiger partial charge in [0.15, 0.2) is 0 Å². The molecular formula is C21H19N3O2. The highest BCUT2D eigenvalue weighted by Gasteiger charge is 2.36. The number of hydrogen-bond donors (Lipinski definition) is 0. The predicted molar refractivity (Wildman–Crippen MR) is 99.2 cm³/mol. The summed E-state index contributed by atoms with van der Waals surface area (Å²) < 4.78 is 1.88. The number of amides is 1.